The molecule has 40 heavy (non-hydrogen) atoms. The number of hydrogen-bond acceptors (Lipinski definition) is 6. The van der Waals surface area contributed by atoms with E-state index in [1.54, 1.807) is 0 Å². The van der Waals surface area contributed by atoms with Crippen LogP contribution in [0.25, 0.3) is 5.69 Å². The van der Waals surface area contributed by atoms with Gasteiger partial charge in [-0.1, -0.05) is 49.1 Å². The molecule has 1 saturated heterocycles. The monoisotopic (exact) mass is 664 g/mol. The van der Waals surface area contributed by atoms with Crippen molar-refractivity contribution in [3.8, 4) is 11.8 Å². The maximum atomic E-state index is 13.4. The molecule has 1 aromatic heterocycles. The molecule has 3 rings (SSSR count). The van der Waals surface area contributed by atoms with Gasteiger partial charge in [-0.25, -0.2) is 13.1 Å². The van der Waals surface area contributed by atoms with Gasteiger partial charge in [0.25, 0.3) is 0 Å². The van der Waals surface area contributed by atoms with Gasteiger partial charge >= 0.3 is 16.4 Å². The number of anilines is 2. The van der Waals surface area contributed by atoms with E-state index in [1.165, 1.54) is 6.07 Å². The second kappa shape index (κ2) is 10.3. The minimum Gasteiger partial charge on any atom is -0.367 e. The number of nitrogens with zero attached hydrogens (tertiary/aromatic N) is 5. The Morgan fingerprint density at radius 3 is 2.10 bits per heavy atom. The molecule has 2 aromatic rings. The first-order valence-corrected chi connectivity index (χ1v) is 15.8. The first-order valence-electron chi connectivity index (χ1n) is 11.3. The van der Waals surface area contributed by atoms with Crippen LogP contribution >= 0.6 is 33.4 Å². The lowest BCUT2D eigenvalue weighted by Crippen LogP contribution is -2.39. The maximum Gasteiger partial charge on any atom is 0.407 e. The molecule has 0 saturated carbocycles. The predicted octanol–water partition coefficient (Wildman–Crippen LogP) is 6.93. The standard InChI is InChI=1S/C20H22Cl2F8N6O2S2/c1-39(37,38)35(12-20(23,24)25)18-16(11-31)33-36(19(18)32-5-8-34-6-3-2-4-7-34)17-14(21)9-13(10-15(17)22)40(26,27,28,29)30/h9-10,32H,2-8,12H2,1H3. The summed E-state index contributed by atoms with van der Waals surface area (Å²) in [6.07, 6.45) is -1.88. The van der Waals surface area contributed by atoms with Crippen LogP contribution in [0.1, 0.15) is 25.0 Å². The first-order chi connectivity index (χ1) is 18.0. The number of rotatable bonds is 9. The number of alkyl halides is 3. The van der Waals surface area contributed by atoms with E-state index < -0.39 is 70.8 Å². The van der Waals surface area contributed by atoms with E-state index in [2.05, 4.69) is 10.4 Å². The van der Waals surface area contributed by atoms with Crippen LogP contribution in [0.4, 0.5) is 44.1 Å². The Kier molecular flexibility index (Phi) is 8.29. The second-order valence-electron chi connectivity index (χ2n) is 8.99. The number of nitrogens with one attached hydrogen (secondary N) is 1. The van der Waals surface area contributed by atoms with Crippen molar-refractivity contribution in [1.29, 1.82) is 5.26 Å². The van der Waals surface area contributed by atoms with Crippen LogP contribution < -0.4 is 9.62 Å². The van der Waals surface area contributed by atoms with Gasteiger partial charge in [0, 0.05) is 13.1 Å². The molecule has 0 bridgehead atoms. The number of hydrogen-bond donors (Lipinski definition) is 1. The van der Waals surface area contributed by atoms with Gasteiger partial charge in [-0.3, -0.25) is 4.31 Å². The zero-order chi connectivity index (χ0) is 30.4. The van der Waals surface area contributed by atoms with Crippen LogP contribution in [0.2, 0.25) is 10.0 Å². The lowest BCUT2D eigenvalue weighted by Gasteiger charge is -2.40. The van der Waals surface area contributed by atoms with Gasteiger partial charge in [0.15, 0.2) is 11.5 Å². The van der Waals surface area contributed by atoms with Crippen LogP contribution in [-0.2, 0) is 10.0 Å². The molecule has 0 atom stereocenters. The SMILES string of the molecule is CS(=O)(=O)N(CC(F)(F)F)c1c(C#N)nn(-c2c(Cl)cc(S(F)(F)(F)(F)F)cc2Cl)c1NCCN1CCCCC1. The predicted molar refractivity (Wildman–Crippen MR) is 137 cm³/mol. The minimum atomic E-state index is -10.3. The minimum absolute atomic E-state index is 0.0496. The number of sulfonamides is 1. The molecule has 1 aliphatic rings. The molecule has 1 aliphatic heterocycles. The summed E-state index contributed by atoms with van der Waals surface area (Å²) in [5, 5.41) is 14.0. The first kappa shape index (κ1) is 32.3. The highest BCUT2D eigenvalue weighted by Crippen LogP contribution is 3.02. The Labute approximate surface area is 234 Å². The van der Waals surface area contributed by atoms with Crippen LogP contribution in [0.5, 0.6) is 0 Å². The molecule has 0 unspecified atom stereocenters. The van der Waals surface area contributed by atoms with Crippen molar-refractivity contribution in [2.75, 3.05) is 48.6 Å². The zero-order valence-corrected chi connectivity index (χ0v) is 23.6. The van der Waals surface area contributed by atoms with Crippen molar-refractivity contribution in [3.63, 3.8) is 0 Å². The molecule has 0 aliphatic carbocycles. The Morgan fingerprint density at radius 2 is 1.65 bits per heavy atom. The fourth-order valence-corrected chi connectivity index (χ4v) is 6.39. The number of aromatic nitrogens is 2. The Hall–Kier alpha value is -2.20. The van der Waals surface area contributed by atoms with Crippen molar-refractivity contribution >= 4 is 55.0 Å². The topological polar surface area (TPSA) is 94.3 Å². The molecule has 226 valence electrons. The van der Waals surface area contributed by atoms with E-state index in [4.69, 9.17) is 23.2 Å². The quantitative estimate of drug-likeness (QED) is 0.292. The van der Waals surface area contributed by atoms with E-state index >= 15 is 0 Å². The fourth-order valence-electron chi connectivity index (χ4n) is 4.05. The zero-order valence-electron chi connectivity index (χ0n) is 20.5. The van der Waals surface area contributed by atoms with Gasteiger partial charge in [0.05, 0.1) is 16.3 Å². The molecule has 20 heteroatoms. The molecular weight excluding hydrogens is 643 g/mol. The highest BCUT2D eigenvalue weighted by atomic mass is 35.5. The fraction of sp³-hybridized carbons (Fsp3) is 0.500. The number of benzene rings is 1. The number of likely N-dealkylation sites (tertiary alicyclic amines) is 1. The van der Waals surface area contributed by atoms with Gasteiger partial charge in [-0.2, -0.15) is 23.5 Å². The average Bonchev–Trinajstić information content (AvgIpc) is 3.12. The maximum absolute atomic E-state index is 13.4. The number of nitriles is 1. The average molecular weight is 665 g/mol. The molecule has 1 aromatic carbocycles. The summed E-state index contributed by atoms with van der Waals surface area (Å²) < 4.78 is 133. The summed E-state index contributed by atoms with van der Waals surface area (Å²) in [6, 6.07) is 1.18. The third-order valence-corrected chi connectivity index (χ3v) is 8.57. The highest BCUT2D eigenvalue weighted by molar-refractivity contribution is 8.45. The third kappa shape index (κ3) is 7.75. The summed E-state index contributed by atoms with van der Waals surface area (Å²) in [7, 11) is -15.0. The molecule has 0 amide bonds. The van der Waals surface area contributed by atoms with E-state index in [1.807, 2.05) is 4.90 Å². The van der Waals surface area contributed by atoms with Crippen LogP contribution in [0.15, 0.2) is 17.0 Å². The van der Waals surface area contributed by atoms with Gasteiger partial charge in [-0.15, -0.1) is 0 Å². The summed E-state index contributed by atoms with van der Waals surface area (Å²) in [5.74, 6) is -0.591. The highest BCUT2D eigenvalue weighted by Gasteiger charge is 2.65. The smallest absolute Gasteiger partial charge is 0.367 e. The van der Waals surface area contributed by atoms with Gasteiger partial charge < -0.3 is 10.2 Å². The molecule has 2 heterocycles. The molecule has 0 radical (unpaired) electrons. The summed E-state index contributed by atoms with van der Waals surface area (Å²) in [4.78, 5) is -0.448. The second-order valence-corrected chi connectivity index (χ2v) is 14.1. The van der Waals surface area contributed by atoms with Crippen molar-refractivity contribution < 1.29 is 41.0 Å². The summed E-state index contributed by atoms with van der Waals surface area (Å²) in [5.41, 5.74) is -2.48. The molecule has 1 fully saturated rings. The summed E-state index contributed by atoms with van der Waals surface area (Å²) >= 11 is 11.8. The van der Waals surface area contributed by atoms with Crippen LogP contribution in [0.3, 0.4) is 0 Å². The molecule has 1 N–H and O–H groups in total. The van der Waals surface area contributed by atoms with E-state index in [-0.39, 0.29) is 23.0 Å². The largest absolute Gasteiger partial charge is 0.407 e. The number of piperidine rings is 1. The Balaban J connectivity index is 2.25. The lowest BCUT2D eigenvalue weighted by atomic mass is 10.1. The van der Waals surface area contributed by atoms with Gasteiger partial charge in [-0.05, 0) is 38.1 Å². The van der Waals surface area contributed by atoms with Crippen molar-refractivity contribution in [1.82, 2.24) is 14.7 Å². The van der Waals surface area contributed by atoms with E-state index in [0.29, 0.717) is 30.6 Å². The third-order valence-electron chi connectivity index (χ3n) is 5.76. The van der Waals surface area contributed by atoms with E-state index in [0.717, 1.165) is 19.3 Å². The normalized spacial score (nSPS) is 17.1. The lowest BCUT2D eigenvalue weighted by molar-refractivity contribution is -0.117. The molecular formula is C20H22Cl2F8N6O2S2. The molecule has 8 nitrogen and oxygen atoms in total. The van der Waals surface area contributed by atoms with Crippen LogP contribution in [-0.4, -0.2) is 68.3 Å². The van der Waals surface area contributed by atoms with Crippen molar-refractivity contribution in [2.24, 2.45) is 0 Å². The van der Waals surface area contributed by atoms with Gasteiger partial charge in [0.1, 0.15) is 28.9 Å². The van der Waals surface area contributed by atoms with E-state index in [9.17, 15) is 46.3 Å². The Bertz CT molecular complexity index is 1410. The van der Waals surface area contributed by atoms with Crippen molar-refractivity contribution in [3.05, 3.63) is 27.9 Å². The van der Waals surface area contributed by atoms with Crippen molar-refractivity contribution in [2.45, 2.75) is 30.3 Å². The van der Waals surface area contributed by atoms with Gasteiger partial charge in [0.2, 0.25) is 10.0 Å². The summed E-state index contributed by atoms with van der Waals surface area (Å²) in [6.45, 7) is -0.429. The molecule has 0 spiro atoms. The Morgan fingerprint density at radius 1 is 1.10 bits per heavy atom. The van der Waals surface area contributed by atoms with Crippen LogP contribution in [0, 0.1) is 11.3 Å². The number of halogens is 10.